The summed E-state index contributed by atoms with van der Waals surface area (Å²) in [6, 6.07) is 0. The smallest absolute Gasteiger partial charge is 0.333 e. The second-order valence-electron chi connectivity index (χ2n) is 5.18. The van der Waals surface area contributed by atoms with Gasteiger partial charge in [-0.3, -0.25) is 0 Å². The van der Waals surface area contributed by atoms with Crippen molar-refractivity contribution < 1.29 is 9.53 Å². The Morgan fingerprint density at radius 1 is 1.20 bits per heavy atom. The van der Waals surface area contributed by atoms with Gasteiger partial charge < -0.3 is 4.74 Å². The first kappa shape index (κ1) is 12.3. The Kier molecular flexibility index (Phi) is 3.95. The van der Waals surface area contributed by atoms with E-state index >= 15 is 0 Å². The Morgan fingerprint density at radius 3 is 2.07 bits per heavy atom. The summed E-state index contributed by atoms with van der Waals surface area (Å²) in [6.45, 7) is 11.9. The standard InChI is InChI=1S/C13H22O2/c1-8(2)13(14)15-12-10(4)6-9(3)7-11(12)5/h9-12H,1,6-7H2,2-5H3. The van der Waals surface area contributed by atoms with E-state index in [4.69, 9.17) is 4.74 Å². The van der Waals surface area contributed by atoms with Crippen LogP contribution in [0.1, 0.15) is 40.5 Å². The molecule has 1 rings (SSSR count). The lowest BCUT2D eigenvalue weighted by molar-refractivity contribution is -0.152. The van der Waals surface area contributed by atoms with E-state index in [-0.39, 0.29) is 12.1 Å². The first-order valence-corrected chi connectivity index (χ1v) is 5.78. The number of hydrogen-bond acceptors (Lipinski definition) is 2. The molecule has 0 radical (unpaired) electrons. The Hall–Kier alpha value is -0.790. The van der Waals surface area contributed by atoms with Gasteiger partial charge in [0.2, 0.25) is 0 Å². The van der Waals surface area contributed by atoms with Crippen LogP contribution in [0.5, 0.6) is 0 Å². The van der Waals surface area contributed by atoms with E-state index in [1.165, 1.54) is 0 Å². The van der Waals surface area contributed by atoms with Crippen molar-refractivity contribution >= 4 is 5.97 Å². The fraction of sp³-hybridized carbons (Fsp3) is 0.769. The molecule has 0 spiro atoms. The van der Waals surface area contributed by atoms with Crippen molar-refractivity contribution in [2.45, 2.75) is 46.6 Å². The summed E-state index contributed by atoms with van der Waals surface area (Å²) < 4.78 is 5.49. The van der Waals surface area contributed by atoms with Crippen molar-refractivity contribution in [1.82, 2.24) is 0 Å². The van der Waals surface area contributed by atoms with Gasteiger partial charge in [-0.2, -0.15) is 0 Å². The lowest BCUT2D eigenvalue weighted by Crippen LogP contribution is -2.37. The normalized spacial score (nSPS) is 36.0. The average molecular weight is 210 g/mol. The molecule has 0 amide bonds. The van der Waals surface area contributed by atoms with Crippen LogP contribution in [0, 0.1) is 17.8 Å². The number of rotatable bonds is 2. The van der Waals surface area contributed by atoms with E-state index < -0.39 is 0 Å². The first-order valence-electron chi connectivity index (χ1n) is 5.78. The predicted molar refractivity (Wildman–Crippen MR) is 61.4 cm³/mol. The Morgan fingerprint density at radius 2 is 1.67 bits per heavy atom. The maximum Gasteiger partial charge on any atom is 0.333 e. The molecule has 2 atom stereocenters. The average Bonchev–Trinajstić information content (AvgIpc) is 2.10. The molecule has 86 valence electrons. The summed E-state index contributed by atoms with van der Waals surface area (Å²) in [6.07, 6.45) is 2.38. The maximum absolute atomic E-state index is 11.5. The second-order valence-corrected chi connectivity index (χ2v) is 5.18. The second kappa shape index (κ2) is 4.82. The summed E-state index contributed by atoms with van der Waals surface area (Å²) >= 11 is 0. The zero-order valence-electron chi connectivity index (χ0n) is 10.2. The number of carbonyl (C=O) groups excluding carboxylic acids is 1. The van der Waals surface area contributed by atoms with Gasteiger partial charge in [-0.25, -0.2) is 4.79 Å². The molecule has 2 unspecified atom stereocenters. The van der Waals surface area contributed by atoms with Crippen LogP contribution >= 0.6 is 0 Å². The van der Waals surface area contributed by atoms with Crippen molar-refractivity contribution in [2.24, 2.45) is 17.8 Å². The molecule has 0 bridgehead atoms. The highest BCUT2D eigenvalue weighted by Crippen LogP contribution is 2.35. The van der Waals surface area contributed by atoms with Crippen LogP contribution in [0.4, 0.5) is 0 Å². The van der Waals surface area contributed by atoms with Crippen LogP contribution in [0.3, 0.4) is 0 Å². The molecule has 0 aliphatic heterocycles. The van der Waals surface area contributed by atoms with Gasteiger partial charge in [0.15, 0.2) is 0 Å². The molecule has 0 saturated heterocycles. The van der Waals surface area contributed by atoms with Crippen molar-refractivity contribution in [3.05, 3.63) is 12.2 Å². The van der Waals surface area contributed by atoms with Gasteiger partial charge in [-0.15, -0.1) is 0 Å². The first-order chi connectivity index (χ1) is 6.91. The van der Waals surface area contributed by atoms with Crippen LogP contribution in [0.2, 0.25) is 0 Å². The lowest BCUT2D eigenvalue weighted by atomic mass is 9.75. The maximum atomic E-state index is 11.5. The van der Waals surface area contributed by atoms with Crippen molar-refractivity contribution in [2.75, 3.05) is 0 Å². The Labute approximate surface area is 92.7 Å². The summed E-state index contributed by atoms with van der Waals surface area (Å²) in [7, 11) is 0. The van der Waals surface area contributed by atoms with Gasteiger partial charge >= 0.3 is 5.97 Å². The minimum absolute atomic E-state index is 0.0744. The fourth-order valence-electron chi connectivity index (χ4n) is 2.65. The van der Waals surface area contributed by atoms with Gasteiger partial charge in [0.25, 0.3) is 0 Å². The molecular formula is C13H22O2. The minimum atomic E-state index is -0.242. The molecule has 1 fully saturated rings. The van der Waals surface area contributed by atoms with Crippen LogP contribution in [-0.4, -0.2) is 12.1 Å². The zero-order valence-corrected chi connectivity index (χ0v) is 10.2. The molecule has 15 heavy (non-hydrogen) atoms. The summed E-state index contributed by atoms with van der Waals surface area (Å²) in [5.74, 6) is 1.43. The summed E-state index contributed by atoms with van der Waals surface area (Å²) in [5, 5.41) is 0. The zero-order chi connectivity index (χ0) is 11.6. The fourth-order valence-corrected chi connectivity index (χ4v) is 2.65. The molecule has 0 aromatic carbocycles. The van der Waals surface area contributed by atoms with Crippen LogP contribution < -0.4 is 0 Å². The summed E-state index contributed by atoms with van der Waals surface area (Å²) in [4.78, 5) is 11.5. The van der Waals surface area contributed by atoms with E-state index in [1.807, 2.05) is 0 Å². The van der Waals surface area contributed by atoms with E-state index in [0.29, 0.717) is 17.4 Å². The molecule has 0 aromatic heterocycles. The topological polar surface area (TPSA) is 26.3 Å². The number of hydrogen-bond donors (Lipinski definition) is 0. The van der Waals surface area contributed by atoms with Crippen molar-refractivity contribution in [3.8, 4) is 0 Å². The quantitative estimate of drug-likeness (QED) is 0.517. The molecule has 2 nitrogen and oxygen atoms in total. The highest BCUT2D eigenvalue weighted by molar-refractivity contribution is 5.87. The van der Waals surface area contributed by atoms with Gasteiger partial charge in [0.05, 0.1) is 0 Å². The highest BCUT2D eigenvalue weighted by Gasteiger charge is 2.33. The van der Waals surface area contributed by atoms with E-state index in [1.54, 1.807) is 6.92 Å². The third-order valence-corrected chi connectivity index (χ3v) is 3.26. The number of carbonyl (C=O) groups is 1. The molecule has 0 aromatic rings. The van der Waals surface area contributed by atoms with E-state index in [9.17, 15) is 4.79 Å². The highest BCUT2D eigenvalue weighted by atomic mass is 16.5. The number of esters is 1. The minimum Gasteiger partial charge on any atom is -0.458 e. The van der Waals surface area contributed by atoms with Crippen molar-refractivity contribution in [3.63, 3.8) is 0 Å². The monoisotopic (exact) mass is 210 g/mol. The molecule has 0 N–H and O–H groups in total. The SMILES string of the molecule is C=C(C)C(=O)OC1C(C)CC(C)CC1C. The lowest BCUT2D eigenvalue weighted by Gasteiger charge is -2.37. The van der Waals surface area contributed by atoms with Crippen LogP contribution in [0.25, 0.3) is 0 Å². The van der Waals surface area contributed by atoms with Gasteiger partial charge in [-0.05, 0) is 37.5 Å². The van der Waals surface area contributed by atoms with Gasteiger partial charge in [0.1, 0.15) is 6.10 Å². The predicted octanol–water partition coefficient (Wildman–Crippen LogP) is 3.18. The number of ether oxygens (including phenoxy) is 1. The molecule has 2 heteroatoms. The molecule has 1 saturated carbocycles. The molecule has 1 aliphatic rings. The van der Waals surface area contributed by atoms with E-state index in [2.05, 4.69) is 27.4 Å². The van der Waals surface area contributed by atoms with E-state index in [0.717, 1.165) is 18.8 Å². The molecular weight excluding hydrogens is 188 g/mol. The van der Waals surface area contributed by atoms with Crippen LogP contribution in [-0.2, 0) is 9.53 Å². The largest absolute Gasteiger partial charge is 0.458 e. The third-order valence-electron chi connectivity index (χ3n) is 3.26. The third kappa shape index (κ3) is 3.08. The molecule has 0 heterocycles. The Bertz CT molecular complexity index is 245. The van der Waals surface area contributed by atoms with Gasteiger partial charge in [-0.1, -0.05) is 27.4 Å². The van der Waals surface area contributed by atoms with Crippen molar-refractivity contribution in [1.29, 1.82) is 0 Å². The van der Waals surface area contributed by atoms with Crippen LogP contribution in [0.15, 0.2) is 12.2 Å². The Balaban J connectivity index is 2.60. The summed E-state index contributed by atoms with van der Waals surface area (Å²) in [5.41, 5.74) is 0.494. The van der Waals surface area contributed by atoms with Gasteiger partial charge in [0, 0.05) is 5.57 Å². The molecule has 1 aliphatic carbocycles.